The number of benzene rings is 2. The quantitative estimate of drug-likeness (QED) is 0.773. The highest BCUT2D eigenvalue weighted by Crippen LogP contribution is 2.32. The summed E-state index contributed by atoms with van der Waals surface area (Å²) in [7, 11) is 1.61. The summed E-state index contributed by atoms with van der Waals surface area (Å²) >= 11 is 0. The molecule has 1 N–H and O–H groups in total. The number of aromatic nitrogens is 1. The number of methoxy groups -OCH3 is 1. The lowest BCUT2D eigenvalue weighted by atomic mass is 10.1. The molecule has 5 heteroatoms. The molecule has 0 radical (unpaired) electrons. The Morgan fingerprint density at radius 3 is 2.85 bits per heavy atom. The average molecular weight is 362 g/mol. The molecular weight excluding hydrogens is 340 g/mol. The minimum absolute atomic E-state index is 0.0533. The molecule has 1 atom stereocenters. The van der Waals surface area contributed by atoms with Crippen LogP contribution in [0.15, 0.2) is 53.3 Å². The molecule has 3 aromatic rings. The maximum atomic E-state index is 12.9. The van der Waals surface area contributed by atoms with E-state index in [1.165, 1.54) is 5.56 Å². The highest BCUT2D eigenvalue weighted by atomic mass is 16.5. The molecule has 1 unspecified atom stereocenters. The van der Waals surface area contributed by atoms with Gasteiger partial charge in [0.05, 0.1) is 7.11 Å². The number of pyridine rings is 1. The lowest BCUT2D eigenvalue weighted by Crippen LogP contribution is -2.36. The number of aryl methyl sites for hydroxylation is 1. The van der Waals surface area contributed by atoms with Crippen molar-refractivity contribution in [2.24, 2.45) is 0 Å². The number of hydrogen-bond donors (Lipinski definition) is 1. The zero-order valence-corrected chi connectivity index (χ0v) is 15.5. The molecule has 0 fully saturated rings. The molecule has 27 heavy (non-hydrogen) atoms. The number of nitrogens with one attached hydrogen (secondary N) is 1. The van der Waals surface area contributed by atoms with E-state index in [1.807, 2.05) is 47.4 Å². The molecule has 1 aromatic heterocycles. The number of carbonyl (C=O) groups is 1. The lowest BCUT2D eigenvalue weighted by molar-refractivity contribution is -0.118. The van der Waals surface area contributed by atoms with Crippen molar-refractivity contribution in [1.29, 1.82) is 0 Å². The molecule has 5 nitrogen and oxygen atoms in total. The second-order valence-corrected chi connectivity index (χ2v) is 7.02. The van der Waals surface area contributed by atoms with Gasteiger partial charge in [-0.05, 0) is 55.7 Å². The van der Waals surface area contributed by atoms with Gasteiger partial charge < -0.3 is 14.6 Å². The Labute approximate surface area is 157 Å². The van der Waals surface area contributed by atoms with Crippen molar-refractivity contribution in [2.45, 2.75) is 32.2 Å². The Balaban J connectivity index is 1.55. The van der Waals surface area contributed by atoms with Crippen LogP contribution in [0.4, 0.5) is 5.69 Å². The van der Waals surface area contributed by atoms with Crippen molar-refractivity contribution in [1.82, 2.24) is 4.98 Å². The van der Waals surface area contributed by atoms with Crippen LogP contribution in [0.3, 0.4) is 0 Å². The molecule has 138 valence electrons. The van der Waals surface area contributed by atoms with Crippen molar-refractivity contribution >= 4 is 22.5 Å². The van der Waals surface area contributed by atoms with Gasteiger partial charge in [0.1, 0.15) is 5.75 Å². The van der Waals surface area contributed by atoms with E-state index >= 15 is 0 Å². The molecule has 0 spiro atoms. The van der Waals surface area contributed by atoms with Crippen LogP contribution in [0, 0.1) is 0 Å². The Hall–Kier alpha value is -3.08. The van der Waals surface area contributed by atoms with Crippen LogP contribution in [0.5, 0.6) is 5.75 Å². The Kier molecular flexibility index (Phi) is 4.44. The first-order valence-electron chi connectivity index (χ1n) is 9.17. The Bertz CT molecular complexity index is 1070. The Morgan fingerprint density at radius 1 is 1.22 bits per heavy atom. The first kappa shape index (κ1) is 17.3. The summed E-state index contributed by atoms with van der Waals surface area (Å²) in [5.74, 6) is 0.789. The molecule has 0 bridgehead atoms. The number of anilines is 1. The van der Waals surface area contributed by atoms with Gasteiger partial charge in [0.15, 0.2) is 0 Å². The van der Waals surface area contributed by atoms with Crippen molar-refractivity contribution in [3.05, 3.63) is 70.0 Å². The van der Waals surface area contributed by atoms with Gasteiger partial charge in [-0.15, -0.1) is 0 Å². The van der Waals surface area contributed by atoms with Gasteiger partial charge in [0.25, 0.3) is 5.56 Å². The van der Waals surface area contributed by atoms with E-state index in [2.05, 4.69) is 18.0 Å². The van der Waals surface area contributed by atoms with Gasteiger partial charge in [-0.2, -0.15) is 0 Å². The normalized spacial score (nSPS) is 15.8. The maximum Gasteiger partial charge on any atom is 0.251 e. The number of rotatable bonds is 4. The second kappa shape index (κ2) is 6.91. The summed E-state index contributed by atoms with van der Waals surface area (Å²) < 4.78 is 5.25. The summed E-state index contributed by atoms with van der Waals surface area (Å²) in [6.07, 6.45) is 1.59. The van der Waals surface area contributed by atoms with Crippen molar-refractivity contribution < 1.29 is 9.53 Å². The van der Waals surface area contributed by atoms with Gasteiger partial charge in [-0.1, -0.05) is 18.2 Å². The number of amides is 1. The van der Waals surface area contributed by atoms with Crippen LogP contribution in [0.25, 0.3) is 10.9 Å². The number of aromatic amines is 1. The van der Waals surface area contributed by atoms with Gasteiger partial charge >= 0.3 is 0 Å². The topological polar surface area (TPSA) is 62.4 Å². The third kappa shape index (κ3) is 3.21. The highest BCUT2D eigenvalue weighted by Gasteiger charge is 2.30. The minimum atomic E-state index is -0.143. The summed E-state index contributed by atoms with van der Waals surface area (Å²) in [5, 5.41) is 0.899. The molecule has 0 aliphatic carbocycles. The number of ether oxygens (including phenoxy) is 1. The van der Waals surface area contributed by atoms with E-state index < -0.39 is 0 Å². The summed E-state index contributed by atoms with van der Waals surface area (Å²) in [4.78, 5) is 30.0. The predicted molar refractivity (Wildman–Crippen MR) is 107 cm³/mol. The molecule has 1 amide bonds. The fraction of sp³-hybridized carbons (Fsp3) is 0.273. The molecular formula is C22H22N2O3. The maximum absolute atomic E-state index is 12.9. The zero-order valence-electron chi connectivity index (χ0n) is 15.5. The third-order valence-electron chi connectivity index (χ3n) is 5.21. The van der Waals surface area contributed by atoms with Crippen LogP contribution < -0.4 is 15.2 Å². The van der Waals surface area contributed by atoms with E-state index in [-0.39, 0.29) is 17.5 Å². The van der Waals surface area contributed by atoms with E-state index in [4.69, 9.17) is 4.74 Å². The number of nitrogens with zero attached hydrogens (tertiary/aromatic N) is 1. The Morgan fingerprint density at radius 2 is 2.04 bits per heavy atom. The van der Waals surface area contributed by atoms with Gasteiger partial charge in [0, 0.05) is 34.6 Å². The zero-order chi connectivity index (χ0) is 19.0. The van der Waals surface area contributed by atoms with E-state index in [9.17, 15) is 9.59 Å². The molecule has 2 aromatic carbocycles. The number of carbonyl (C=O) groups excluding carboxylic acids is 1. The lowest BCUT2D eigenvalue weighted by Gasteiger charge is -2.22. The van der Waals surface area contributed by atoms with E-state index in [0.29, 0.717) is 18.4 Å². The molecule has 0 saturated heterocycles. The largest absolute Gasteiger partial charge is 0.497 e. The molecule has 0 saturated carbocycles. The number of H-pyrrole nitrogens is 1. The first-order chi connectivity index (χ1) is 13.1. The van der Waals surface area contributed by atoms with Gasteiger partial charge in [0.2, 0.25) is 5.91 Å². The summed E-state index contributed by atoms with van der Waals surface area (Å²) in [5.41, 5.74) is 3.43. The molecule has 4 rings (SSSR count). The van der Waals surface area contributed by atoms with Crippen LogP contribution in [0.1, 0.15) is 24.5 Å². The van der Waals surface area contributed by atoms with Gasteiger partial charge in [-0.25, -0.2) is 0 Å². The van der Waals surface area contributed by atoms with Crippen molar-refractivity contribution in [2.75, 3.05) is 12.0 Å². The standard InChI is InChI=1S/C22H22N2O3/c1-14-11-15-5-3-4-6-20(15)24(14)21(25)10-7-16-12-17-13-18(27-2)8-9-19(17)23-22(16)26/h3-6,8-9,12-14H,7,10-11H2,1-2H3,(H,23,26). The summed E-state index contributed by atoms with van der Waals surface area (Å²) in [6.45, 7) is 2.06. The van der Waals surface area contributed by atoms with E-state index in [0.717, 1.165) is 28.8 Å². The van der Waals surface area contributed by atoms with E-state index in [1.54, 1.807) is 7.11 Å². The van der Waals surface area contributed by atoms with Gasteiger partial charge in [-0.3, -0.25) is 9.59 Å². The molecule has 2 heterocycles. The molecule has 1 aliphatic heterocycles. The molecule has 1 aliphatic rings. The fourth-order valence-electron chi connectivity index (χ4n) is 3.85. The van der Waals surface area contributed by atoms with Crippen LogP contribution in [0.2, 0.25) is 0 Å². The number of para-hydroxylation sites is 1. The second-order valence-electron chi connectivity index (χ2n) is 7.02. The van der Waals surface area contributed by atoms with Crippen molar-refractivity contribution in [3.63, 3.8) is 0 Å². The SMILES string of the molecule is COc1ccc2[nH]c(=O)c(CCC(=O)N3c4ccccc4CC3C)cc2c1. The third-order valence-corrected chi connectivity index (χ3v) is 5.21. The monoisotopic (exact) mass is 362 g/mol. The van der Waals surface area contributed by atoms with Crippen LogP contribution >= 0.6 is 0 Å². The summed E-state index contributed by atoms with van der Waals surface area (Å²) in [6, 6.07) is 15.5. The van der Waals surface area contributed by atoms with Crippen molar-refractivity contribution in [3.8, 4) is 5.75 Å². The number of hydrogen-bond acceptors (Lipinski definition) is 3. The predicted octanol–water partition coefficient (Wildman–Crippen LogP) is 3.45. The minimum Gasteiger partial charge on any atom is -0.497 e. The van der Waals surface area contributed by atoms with Crippen LogP contribution in [-0.2, 0) is 17.6 Å². The number of fused-ring (bicyclic) bond motifs is 2. The first-order valence-corrected chi connectivity index (χ1v) is 9.17. The smallest absolute Gasteiger partial charge is 0.251 e. The average Bonchev–Trinajstić information content (AvgIpc) is 3.01. The fourth-order valence-corrected chi connectivity index (χ4v) is 3.85. The highest BCUT2D eigenvalue weighted by molar-refractivity contribution is 5.96. The van der Waals surface area contributed by atoms with Crippen LogP contribution in [-0.4, -0.2) is 24.0 Å².